The number of benzene rings is 2. The molecule has 128 valence electrons. The number of hydrogen-bond donors (Lipinski definition) is 1. The highest BCUT2D eigenvalue weighted by Gasteiger charge is 2.16. The van der Waals surface area contributed by atoms with Crippen molar-refractivity contribution < 1.29 is 9.53 Å². The first kappa shape index (κ1) is 15.8. The van der Waals surface area contributed by atoms with Crippen molar-refractivity contribution in [3.63, 3.8) is 0 Å². The topological polar surface area (TPSA) is 56.2 Å². The van der Waals surface area contributed by atoms with E-state index < -0.39 is 0 Å². The van der Waals surface area contributed by atoms with Crippen LogP contribution in [0, 0.1) is 0 Å². The third-order valence-corrected chi connectivity index (χ3v) is 4.56. The number of carbonyl (C=O) groups is 1. The SMILES string of the molecule is O=C(Cc1cccc2ccccc12)Nc1cnn(C[C@H]2CCCO2)c1. The Bertz CT molecular complexity index is 876. The number of amides is 1. The van der Waals surface area contributed by atoms with E-state index in [2.05, 4.69) is 28.6 Å². The van der Waals surface area contributed by atoms with Crippen LogP contribution in [0.4, 0.5) is 5.69 Å². The van der Waals surface area contributed by atoms with Crippen molar-refractivity contribution in [2.24, 2.45) is 0 Å². The number of hydrogen-bond acceptors (Lipinski definition) is 3. The zero-order chi connectivity index (χ0) is 17.1. The summed E-state index contributed by atoms with van der Waals surface area (Å²) in [6, 6.07) is 14.2. The minimum Gasteiger partial charge on any atom is -0.376 e. The zero-order valence-electron chi connectivity index (χ0n) is 14.0. The molecule has 0 unspecified atom stereocenters. The Hall–Kier alpha value is -2.66. The predicted octanol–water partition coefficient (Wildman–Crippen LogP) is 3.40. The molecule has 1 aliphatic rings. The van der Waals surface area contributed by atoms with E-state index in [1.165, 1.54) is 0 Å². The summed E-state index contributed by atoms with van der Waals surface area (Å²) in [7, 11) is 0. The molecule has 2 aromatic carbocycles. The van der Waals surface area contributed by atoms with E-state index in [-0.39, 0.29) is 12.0 Å². The molecule has 4 rings (SSSR count). The first-order valence-corrected chi connectivity index (χ1v) is 8.68. The van der Waals surface area contributed by atoms with E-state index >= 15 is 0 Å². The highest BCUT2D eigenvalue weighted by molar-refractivity contribution is 5.96. The summed E-state index contributed by atoms with van der Waals surface area (Å²) in [5.41, 5.74) is 1.76. The van der Waals surface area contributed by atoms with E-state index in [0.29, 0.717) is 6.42 Å². The Balaban J connectivity index is 1.41. The molecule has 2 heterocycles. The average molecular weight is 335 g/mol. The van der Waals surface area contributed by atoms with Crippen molar-refractivity contribution in [2.45, 2.75) is 31.9 Å². The van der Waals surface area contributed by atoms with Gasteiger partial charge in [-0.3, -0.25) is 9.48 Å². The molecule has 3 aromatic rings. The molecule has 0 spiro atoms. The van der Waals surface area contributed by atoms with Gasteiger partial charge >= 0.3 is 0 Å². The fourth-order valence-electron chi connectivity index (χ4n) is 3.35. The molecule has 5 heteroatoms. The fourth-order valence-corrected chi connectivity index (χ4v) is 3.35. The monoisotopic (exact) mass is 335 g/mol. The van der Waals surface area contributed by atoms with Gasteiger partial charge in [-0.1, -0.05) is 42.5 Å². The van der Waals surface area contributed by atoms with Crippen LogP contribution < -0.4 is 5.32 Å². The molecule has 1 saturated heterocycles. The van der Waals surface area contributed by atoms with Gasteiger partial charge in [-0.2, -0.15) is 5.10 Å². The molecule has 5 nitrogen and oxygen atoms in total. The highest BCUT2D eigenvalue weighted by Crippen LogP contribution is 2.19. The summed E-state index contributed by atoms with van der Waals surface area (Å²) < 4.78 is 7.46. The summed E-state index contributed by atoms with van der Waals surface area (Å²) in [4.78, 5) is 12.4. The van der Waals surface area contributed by atoms with Crippen molar-refractivity contribution in [3.8, 4) is 0 Å². The van der Waals surface area contributed by atoms with Gasteiger partial charge in [-0.25, -0.2) is 0 Å². The first-order chi connectivity index (χ1) is 12.3. The average Bonchev–Trinajstić information content (AvgIpc) is 3.28. The van der Waals surface area contributed by atoms with Crippen LogP contribution in [0.15, 0.2) is 54.9 Å². The second kappa shape index (κ2) is 7.07. The maximum Gasteiger partial charge on any atom is 0.228 e. The Morgan fingerprint density at radius 1 is 1.24 bits per heavy atom. The van der Waals surface area contributed by atoms with Gasteiger partial charge in [-0.05, 0) is 29.2 Å². The Kier molecular flexibility index (Phi) is 4.48. The number of fused-ring (bicyclic) bond motifs is 1. The number of rotatable bonds is 5. The van der Waals surface area contributed by atoms with Crippen molar-refractivity contribution >= 4 is 22.4 Å². The largest absolute Gasteiger partial charge is 0.376 e. The lowest BCUT2D eigenvalue weighted by molar-refractivity contribution is -0.115. The zero-order valence-corrected chi connectivity index (χ0v) is 14.0. The van der Waals surface area contributed by atoms with E-state index in [1.807, 2.05) is 35.1 Å². The lowest BCUT2D eigenvalue weighted by atomic mass is 10.0. The molecule has 0 bridgehead atoms. The number of aromatic nitrogens is 2. The molecular weight excluding hydrogens is 314 g/mol. The summed E-state index contributed by atoms with van der Waals surface area (Å²) in [5, 5.41) is 9.52. The van der Waals surface area contributed by atoms with Gasteiger partial charge in [-0.15, -0.1) is 0 Å². The summed E-state index contributed by atoms with van der Waals surface area (Å²) in [6.07, 6.45) is 6.32. The molecule has 0 aliphatic carbocycles. The quantitative estimate of drug-likeness (QED) is 0.777. The molecule has 1 fully saturated rings. The second-order valence-electron chi connectivity index (χ2n) is 6.45. The molecule has 1 atom stereocenters. The lowest BCUT2D eigenvalue weighted by Crippen LogP contribution is -2.16. The van der Waals surface area contributed by atoms with Gasteiger partial charge in [0.2, 0.25) is 5.91 Å². The normalized spacial score (nSPS) is 17.0. The minimum absolute atomic E-state index is 0.0342. The molecule has 0 saturated carbocycles. The first-order valence-electron chi connectivity index (χ1n) is 8.68. The van der Waals surface area contributed by atoms with Gasteiger partial charge in [0.1, 0.15) is 0 Å². The maximum atomic E-state index is 12.4. The summed E-state index contributed by atoms with van der Waals surface area (Å²) in [6.45, 7) is 1.57. The van der Waals surface area contributed by atoms with Gasteiger partial charge < -0.3 is 10.1 Å². The van der Waals surface area contributed by atoms with Crippen molar-refractivity contribution in [3.05, 3.63) is 60.4 Å². The van der Waals surface area contributed by atoms with Gasteiger partial charge in [0.25, 0.3) is 0 Å². The second-order valence-corrected chi connectivity index (χ2v) is 6.45. The van der Waals surface area contributed by atoms with Gasteiger partial charge in [0, 0.05) is 12.8 Å². The third kappa shape index (κ3) is 3.72. The van der Waals surface area contributed by atoms with Crippen molar-refractivity contribution in [1.29, 1.82) is 0 Å². The standard InChI is InChI=1S/C20H21N3O2/c24-20(11-16-7-3-6-15-5-1-2-9-19(15)16)22-17-12-21-23(13-17)14-18-8-4-10-25-18/h1-3,5-7,9,12-13,18H,4,8,10-11,14H2,(H,22,24)/t18-/m1/s1. The molecule has 1 amide bonds. The van der Waals surface area contributed by atoms with Crippen LogP contribution >= 0.6 is 0 Å². The molecule has 0 radical (unpaired) electrons. The van der Waals surface area contributed by atoms with Crippen LogP contribution in [0.1, 0.15) is 18.4 Å². The minimum atomic E-state index is -0.0342. The predicted molar refractivity (Wildman–Crippen MR) is 97.5 cm³/mol. The van der Waals surface area contributed by atoms with E-state index in [4.69, 9.17) is 4.74 Å². The Morgan fingerprint density at radius 2 is 2.12 bits per heavy atom. The van der Waals surface area contributed by atoms with Crippen molar-refractivity contribution in [1.82, 2.24) is 9.78 Å². The number of nitrogens with one attached hydrogen (secondary N) is 1. The number of anilines is 1. The smallest absolute Gasteiger partial charge is 0.228 e. The molecule has 25 heavy (non-hydrogen) atoms. The molecule has 1 aromatic heterocycles. The molecule has 1 aliphatic heterocycles. The number of ether oxygens (including phenoxy) is 1. The van der Waals surface area contributed by atoms with Crippen LogP contribution in [-0.2, 0) is 22.5 Å². The summed E-state index contributed by atoms with van der Waals surface area (Å²) >= 11 is 0. The van der Waals surface area contributed by atoms with Crippen LogP contribution in [0.25, 0.3) is 10.8 Å². The van der Waals surface area contributed by atoms with E-state index in [9.17, 15) is 4.79 Å². The Morgan fingerprint density at radius 3 is 3.00 bits per heavy atom. The van der Waals surface area contributed by atoms with Crippen LogP contribution in [0.3, 0.4) is 0 Å². The summed E-state index contributed by atoms with van der Waals surface area (Å²) in [5.74, 6) is -0.0342. The maximum absolute atomic E-state index is 12.4. The van der Waals surface area contributed by atoms with Gasteiger partial charge in [0.15, 0.2) is 0 Å². The molecule has 1 N–H and O–H groups in total. The van der Waals surface area contributed by atoms with Crippen molar-refractivity contribution in [2.75, 3.05) is 11.9 Å². The Labute approximate surface area is 146 Å². The lowest BCUT2D eigenvalue weighted by Gasteiger charge is -2.08. The third-order valence-electron chi connectivity index (χ3n) is 4.56. The van der Waals surface area contributed by atoms with E-state index in [1.54, 1.807) is 6.20 Å². The van der Waals surface area contributed by atoms with Crippen LogP contribution in [0.5, 0.6) is 0 Å². The number of carbonyl (C=O) groups excluding carboxylic acids is 1. The molecular formula is C20H21N3O2. The highest BCUT2D eigenvalue weighted by atomic mass is 16.5. The van der Waals surface area contributed by atoms with Gasteiger partial charge in [0.05, 0.1) is 31.0 Å². The van der Waals surface area contributed by atoms with E-state index in [0.717, 1.165) is 48.0 Å². The fraction of sp³-hybridized carbons (Fsp3) is 0.300. The van der Waals surface area contributed by atoms with Crippen LogP contribution in [-0.4, -0.2) is 28.4 Å². The number of nitrogens with zero attached hydrogens (tertiary/aromatic N) is 2. The van der Waals surface area contributed by atoms with Crippen LogP contribution in [0.2, 0.25) is 0 Å².